The molecule has 0 heterocycles. The number of benzene rings is 1. The molecular weight excluding hydrogens is 216 g/mol. The van der Waals surface area contributed by atoms with Gasteiger partial charge in [0.05, 0.1) is 5.41 Å². The minimum Gasteiger partial charge on any atom is -0.508 e. The predicted octanol–water partition coefficient (Wildman–Crippen LogP) is 2.44. The maximum Gasteiger partial charge on any atom is 0.309 e. The summed E-state index contributed by atoms with van der Waals surface area (Å²) in [6.45, 7) is 0. The molecule has 3 heteroatoms. The Morgan fingerprint density at radius 1 is 1.35 bits per heavy atom. The van der Waals surface area contributed by atoms with Crippen molar-refractivity contribution in [1.29, 1.82) is 0 Å². The summed E-state index contributed by atoms with van der Waals surface area (Å²) in [5, 5.41) is 18.9. The van der Waals surface area contributed by atoms with Crippen LogP contribution in [0.25, 0.3) is 0 Å². The first kappa shape index (κ1) is 10.6. The third kappa shape index (κ3) is 1.79. The second-order valence-corrected chi connectivity index (χ2v) is 5.60. The first-order chi connectivity index (χ1) is 8.09. The van der Waals surface area contributed by atoms with Gasteiger partial charge in [-0.3, -0.25) is 4.79 Å². The molecule has 1 aromatic carbocycles. The molecule has 0 radical (unpaired) electrons. The van der Waals surface area contributed by atoms with Gasteiger partial charge in [-0.2, -0.15) is 0 Å². The average molecular weight is 232 g/mol. The van der Waals surface area contributed by atoms with Crippen LogP contribution in [0.5, 0.6) is 5.75 Å². The van der Waals surface area contributed by atoms with E-state index in [-0.39, 0.29) is 5.75 Å². The lowest BCUT2D eigenvalue weighted by Crippen LogP contribution is -2.31. The summed E-state index contributed by atoms with van der Waals surface area (Å²) in [7, 11) is 0. The lowest BCUT2D eigenvalue weighted by Gasteiger charge is -2.26. The molecule has 2 fully saturated rings. The molecule has 0 spiro atoms. The van der Waals surface area contributed by atoms with Crippen molar-refractivity contribution in [3.63, 3.8) is 0 Å². The molecule has 0 aliphatic heterocycles. The van der Waals surface area contributed by atoms with E-state index in [2.05, 4.69) is 0 Å². The standard InChI is InChI=1S/C14H16O3/c15-12-3-1-2-9(4-12)6-14(13(16)17)7-10-5-11(10)8-14/h1-4,10-11,15H,5-8H2,(H,16,17). The van der Waals surface area contributed by atoms with Gasteiger partial charge in [0.25, 0.3) is 0 Å². The van der Waals surface area contributed by atoms with Crippen molar-refractivity contribution in [3.8, 4) is 5.75 Å². The number of carbonyl (C=O) groups is 1. The third-order valence-corrected chi connectivity index (χ3v) is 4.28. The topological polar surface area (TPSA) is 57.5 Å². The van der Waals surface area contributed by atoms with Gasteiger partial charge in [-0.1, -0.05) is 12.1 Å². The van der Waals surface area contributed by atoms with E-state index < -0.39 is 11.4 Å². The number of carboxylic acid groups (broad SMARTS) is 1. The number of fused-ring (bicyclic) bond motifs is 1. The van der Waals surface area contributed by atoms with Crippen molar-refractivity contribution in [1.82, 2.24) is 0 Å². The molecule has 2 atom stereocenters. The number of phenols is 1. The van der Waals surface area contributed by atoms with Gasteiger partial charge < -0.3 is 10.2 Å². The van der Waals surface area contributed by atoms with Gasteiger partial charge in [0, 0.05) is 0 Å². The van der Waals surface area contributed by atoms with Gasteiger partial charge in [-0.15, -0.1) is 0 Å². The van der Waals surface area contributed by atoms with Crippen LogP contribution < -0.4 is 0 Å². The van der Waals surface area contributed by atoms with E-state index in [9.17, 15) is 15.0 Å². The second kappa shape index (κ2) is 3.49. The zero-order valence-electron chi connectivity index (χ0n) is 9.60. The molecule has 3 nitrogen and oxygen atoms in total. The van der Waals surface area contributed by atoms with Crippen LogP contribution in [0.1, 0.15) is 24.8 Å². The van der Waals surface area contributed by atoms with E-state index >= 15 is 0 Å². The summed E-state index contributed by atoms with van der Waals surface area (Å²) in [4.78, 5) is 11.5. The van der Waals surface area contributed by atoms with Crippen molar-refractivity contribution < 1.29 is 15.0 Å². The molecule has 0 saturated heterocycles. The number of aromatic hydroxyl groups is 1. The highest BCUT2D eigenvalue weighted by Gasteiger charge is 2.57. The van der Waals surface area contributed by atoms with Gasteiger partial charge in [-0.25, -0.2) is 0 Å². The molecule has 17 heavy (non-hydrogen) atoms. The van der Waals surface area contributed by atoms with Gasteiger partial charge in [0.1, 0.15) is 5.75 Å². The van der Waals surface area contributed by atoms with Crippen molar-refractivity contribution in [2.45, 2.75) is 25.7 Å². The maximum atomic E-state index is 11.5. The highest BCUT2D eigenvalue weighted by Crippen LogP contribution is 2.60. The third-order valence-electron chi connectivity index (χ3n) is 4.28. The lowest BCUT2D eigenvalue weighted by molar-refractivity contribution is -0.149. The van der Waals surface area contributed by atoms with E-state index in [1.807, 2.05) is 6.07 Å². The molecule has 0 aromatic heterocycles. The van der Waals surface area contributed by atoms with Crippen LogP contribution in [0, 0.1) is 17.3 Å². The summed E-state index contributed by atoms with van der Waals surface area (Å²) in [5.41, 5.74) is 0.343. The number of phenolic OH excluding ortho intramolecular Hbond substituents is 1. The first-order valence-corrected chi connectivity index (χ1v) is 6.10. The van der Waals surface area contributed by atoms with Crippen LogP contribution in [0.3, 0.4) is 0 Å². The van der Waals surface area contributed by atoms with Gasteiger partial charge in [0.2, 0.25) is 0 Å². The zero-order valence-corrected chi connectivity index (χ0v) is 9.60. The Balaban J connectivity index is 1.84. The van der Waals surface area contributed by atoms with Crippen molar-refractivity contribution in [2.75, 3.05) is 0 Å². The molecular formula is C14H16O3. The molecule has 2 unspecified atom stereocenters. The molecule has 3 rings (SSSR count). The summed E-state index contributed by atoms with van der Waals surface area (Å²) >= 11 is 0. The smallest absolute Gasteiger partial charge is 0.309 e. The average Bonchev–Trinajstić information content (AvgIpc) is 2.87. The fraction of sp³-hybridized carbons (Fsp3) is 0.500. The summed E-state index contributed by atoms with van der Waals surface area (Å²) < 4.78 is 0. The zero-order chi connectivity index (χ0) is 12.0. The Morgan fingerprint density at radius 2 is 2.06 bits per heavy atom. The fourth-order valence-corrected chi connectivity index (χ4v) is 3.35. The molecule has 2 aliphatic carbocycles. The fourth-order valence-electron chi connectivity index (χ4n) is 3.35. The number of rotatable bonds is 3. The molecule has 2 saturated carbocycles. The predicted molar refractivity (Wildman–Crippen MR) is 62.7 cm³/mol. The Kier molecular flexibility index (Phi) is 2.18. The van der Waals surface area contributed by atoms with Crippen molar-refractivity contribution in [3.05, 3.63) is 29.8 Å². The van der Waals surface area contributed by atoms with E-state index in [1.165, 1.54) is 6.42 Å². The number of hydrogen-bond donors (Lipinski definition) is 2. The Morgan fingerprint density at radius 3 is 2.65 bits per heavy atom. The van der Waals surface area contributed by atoms with Crippen molar-refractivity contribution >= 4 is 5.97 Å². The van der Waals surface area contributed by atoms with Crippen LogP contribution in [0.2, 0.25) is 0 Å². The monoisotopic (exact) mass is 232 g/mol. The SMILES string of the molecule is O=C(O)C1(Cc2cccc(O)c2)CC2CC2C1. The normalized spacial score (nSPS) is 34.4. The number of carboxylic acids is 1. The Labute approximate surface area is 100 Å². The first-order valence-electron chi connectivity index (χ1n) is 6.10. The van der Waals surface area contributed by atoms with E-state index in [4.69, 9.17) is 0 Å². The van der Waals surface area contributed by atoms with Crippen LogP contribution >= 0.6 is 0 Å². The van der Waals surface area contributed by atoms with Gasteiger partial charge >= 0.3 is 5.97 Å². The lowest BCUT2D eigenvalue weighted by atomic mass is 9.77. The summed E-state index contributed by atoms with van der Waals surface area (Å²) in [5.74, 6) is 0.825. The quantitative estimate of drug-likeness (QED) is 0.841. The van der Waals surface area contributed by atoms with Crippen molar-refractivity contribution in [2.24, 2.45) is 17.3 Å². The number of hydrogen-bond acceptors (Lipinski definition) is 2. The van der Waals surface area contributed by atoms with E-state index in [0.29, 0.717) is 18.3 Å². The molecule has 2 N–H and O–H groups in total. The minimum absolute atomic E-state index is 0.214. The van der Waals surface area contributed by atoms with Crippen LogP contribution in [0.4, 0.5) is 0 Å². The van der Waals surface area contributed by atoms with Crippen LogP contribution in [-0.2, 0) is 11.2 Å². The Bertz CT molecular complexity index is 456. The second-order valence-electron chi connectivity index (χ2n) is 5.60. The summed E-state index contributed by atoms with van der Waals surface area (Å²) in [6, 6.07) is 6.96. The van der Waals surface area contributed by atoms with E-state index in [0.717, 1.165) is 18.4 Å². The van der Waals surface area contributed by atoms with Gasteiger partial charge in [0.15, 0.2) is 0 Å². The largest absolute Gasteiger partial charge is 0.508 e. The van der Waals surface area contributed by atoms with Gasteiger partial charge in [-0.05, 0) is 55.2 Å². The number of aliphatic carboxylic acids is 1. The molecule has 0 amide bonds. The molecule has 1 aromatic rings. The van der Waals surface area contributed by atoms with Crippen LogP contribution in [-0.4, -0.2) is 16.2 Å². The Hall–Kier alpha value is -1.51. The summed E-state index contributed by atoms with van der Waals surface area (Å²) in [6.07, 6.45) is 3.38. The van der Waals surface area contributed by atoms with E-state index in [1.54, 1.807) is 18.2 Å². The highest BCUT2D eigenvalue weighted by molar-refractivity contribution is 5.76. The maximum absolute atomic E-state index is 11.5. The highest BCUT2D eigenvalue weighted by atomic mass is 16.4. The molecule has 2 aliphatic rings. The minimum atomic E-state index is -0.673. The molecule has 0 bridgehead atoms. The van der Waals surface area contributed by atoms with Crippen LogP contribution in [0.15, 0.2) is 24.3 Å². The molecule has 90 valence electrons.